The number of benzene rings is 1. The number of halogens is 2. The van der Waals surface area contributed by atoms with Crippen LogP contribution in [0.2, 0.25) is 5.02 Å². The molecule has 0 aliphatic carbocycles. The van der Waals surface area contributed by atoms with Crippen LogP contribution in [-0.2, 0) is 5.33 Å². The van der Waals surface area contributed by atoms with Gasteiger partial charge in [-0.15, -0.1) is 15.0 Å². The Balaban J connectivity index is 0.000000205. The van der Waals surface area contributed by atoms with Crippen LogP contribution < -0.4 is 0 Å². The molecular weight excluding hydrogens is 342 g/mol. The molecular formula is C13H11BrClN5. The van der Waals surface area contributed by atoms with Crippen LogP contribution in [0.5, 0.6) is 0 Å². The molecule has 7 heteroatoms. The van der Waals surface area contributed by atoms with E-state index >= 15 is 0 Å². The van der Waals surface area contributed by atoms with Crippen molar-refractivity contribution in [3.63, 3.8) is 0 Å². The summed E-state index contributed by atoms with van der Waals surface area (Å²) < 4.78 is 0. The van der Waals surface area contributed by atoms with Crippen LogP contribution in [0.25, 0.3) is 5.69 Å². The van der Waals surface area contributed by atoms with Crippen LogP contribution in [0, 0.1) is 0 Å². The van der Waals surface area contributed by atoms with Gasteiger partial charge in [-0.25, -0.2) is 0 Å². The van der Waals surface area contributed by atoms with Crippen molar-refractivity contribution in [2.24, 2.45) is 0 Å². The fourth-order valence-corrected chi connectivity index (χ4v) is 1.73. The third-order valence-corrected chi connectivity index (χ3v) is 2.92. The first-order valence-electron chi connectivity index (χ1n) is 5.75. The normalized spacial score (nSPS) is 9.70. The summed E-state index contributed by atoms with van der Waals surface area (Å²) in [4.78, 5) is 5.23. The smallest absolute Gasteiger partial charge is 0.185 e. The van der Waals surface area contributed by atoms with E-state index in [-0.39, 0.29) is 0 Å². The van der Waals surface area contributed by atoms with Gasteiger partial charge in [-0.05, 0) is 35.5 Å². The molecule has 0 unspecified atom stereocenters. The quantitative estimate of drug-likeness (QED) is 0.664. The molecule has 0 saturated heterocycles. The Morgan fingerprint density at radius 1 is 1.10 bits per heavy atom. The number of pyridine rings is 1. The summed E-state index contributed by atoms with van der Waals surface area (Å²) in [5, 5.41) is 13.1. The lowest BCUT2D eigenvalue weighted by Gasteiger charge is -1.97. The Morgan fingerprint density at radius 3 is 2.40 bits per heavy atom. The second-order valence-corrected chi connectivity index (χ2v) is 4.63. The van der Waals surface area contributed by atoms with E-state index in [0.717, 1.165) is 5.69 Å². The van der Waals surface area contributed by atoms with Crippen molar-refractivity contribution in [1.29, 1.82) is 0 Å². The molecule has 0 spiro atoms. The highest BCUT2D eigenvalue weighted by atomic mass is 79.9. The van der Waals surface area contributed by atoms with Crippen LogP contribution in [0.1, 0.15) is 5.82 Å². The maximum Gasteiger partial charge on any atom is 0.185 e. The molecule has 0 radical (unpaired) electrons. The molecule has 0 fully saturated rings. The summed E-state index contributed by atoms with van der Waals surface area (Å²) in [7, 11) is 0. The highest BCUT2D eigenvalue weighted by Gasteiger charge is 2.02. The standard InChI is InChI=1S/C8H6BrClN4.C5H5N/c9-5-8-11-13-14(12-8)7-3-1-2-6(10)4-7;1-2-4-6-5-3-1/h1-4H,5H2;1-5H. The number of aromatic nitrogens is 5. The molecule has 0 bridgehead atoms. The third kappa shape index (κ3) is 4.40. The third-order valence-electron chi connectivity index (χ3n) is 2.18. The fraction of sp³-hybridized carbons (Fsp3) is 0.0769. The zero-order valence-electron chi connectivity index (χ0n) is 10.4. The summed E-state index contributed by atoms with van der Waals surface area (Å²) in [6.45, 7) is 0. The Labute approximate surface area is 129 Å². The first-order chi connectivity index (χ1) is 9.79. The predicted octanol–water partition coefficient (Wildman–Crippen LogP) is 3.29. The maximum absolute atomic E-state index is 5.84. The van der Waals surface area contributed by atoms with Crippen LogP contribution in [0.3, 0.4) is 0 Å². The number of alkyl halides is 1. The minimum Gasteiger partial charge on any atom is -0.265 e. The van der Waals surface area contributed by atoms with E-state index in [0.29, 0.717) is 16.2 Å². The van der Waals surface area contributed by atoms with E-state index in [1.54, 1.807) is 24.5 Å². The zero-order valence-corrected chi connectivity index (χ0v) is 12.7. The van der Waals surface area contributed by atoms with Crippen molar-refractivity contribution in [2.45, 2.75) is 5.33 Å². The lowest BCUT2D eigenvalue weighted by atomic mass is 10.3. The van der Waals surface area contributed by atoms with Gasteiger partial charge in [-0.1, -0.05) is 39.7 Å². The molecule has 0 saturated carbocycles. The van der Waals surface area contributed by atoms with Crippen molar-refractivity contribution in [2.75, 3.05) is 0 Å². The topological polar surface area (TPSA) is 56.5 Å². The van der Waals surface area contributed by atoms with Crippen LogP contribution in [-0.4, -0.2) is 25.2 Å². The van der Waals surface area contributed by atoms with Gasteiger partial charge in [0.05, 0.1) is 11.0 Å². The number of tetrazole rings is 1. The van der Waals surface area contributed by atoms with Gasteiger partial charge in [0.15, 0.2) is 5.82 Å². The Morgan fingerprint density at radius 2 is 1.90 bits per heavy atom. The number of nitrogens with zero attached hydrogens (tertiary/aromatic N) is 5. The van der Waals surface area contributed by atoms with E-state index in [1.807, 2.05) is 30.3 Å². The molecule has 1 aromatic carbocycles. The van der Waals surface area contributed by atoms with E-state index in [4.69, 9.17) is 11.6 Å². The molecule has 0 aliphatic heterocycles. The molecule has 20 heavy (non-hydrogen) atoms. The molecule has 0 aliphatic rings. The van der Waals surface area contributed by atoms with E-state index < -0.39 is 0 Å². The molecule has 3 rings (SSSR count). The first kappa shape index (κ1) is 14.6. The fourth-order valence-electron chi connectivity index (χ4n) is 1.32. The number of hydrogen-bond acceptors (Lipinski definition) is 4. The molecule has 5 nitrogen and oxygen atoms in total. The SMILES string of the molecule is Clc1cccc(-n2nnc(CBr)n2)c1.c1ccncc1. The van der Waals surface area contributed by atoms with Gasteiger partial charge in [-0.3, -0.25) is 4.98 Å². The highest BCUT2D eigenvalue weighted by molar-refractivity contribution is 9.08. The van der Waals surface area contributed by atoms with E-state index in [1.165, 1.54) is 4.80 Å². The minimum atomic E-state index is 0.591. The van der Waals surface area contributed by atoms with Crippen molar-refractivity contribution in [3.8, 4) is 5.69 Å². The minimum absolute atomic E-state index is 0.591. The van der Waals surface area contributed by atoms with Gasteiger partial charge in [0.1, 0.15) is 0 Å². The number of hydrogen-bond donors (Lipinski definition) is 0. The number of rotatable bonds is 2. The summed E-state index contributed by atoms with van der Waals surface area (Å²) in [5.74, 6) is 0.643. The Hall–Kier alpha value is -1.79. The van der Waals surface area contributed by atoms with Gasteiger partial charge < -0.3 is 0 Å². The van der Waals surface area contributed by atoms with Crippen LogP contribution in [0.15, 0.2) is 54.9 Å². The maximum atomic E-state index is 5.84. The average Bonchev–Trinajstić information content (AvgIpc) is 2.99. The summed E-state index contributed by atoms with van der Waals surface area (Å²) in [5.41, 5.74) is 0.803. The van der Waals surface area contributed by atoms with Crippen LogP contribution >= 0.6 is 27.5 Å². The van der Waals surface area contributed by atoms with Gasteiger partial charge in [0, 0.05) is 17.4 Å². The summed E-state index contributed by atoms with van der Waals surface area (Å²) >= 11 is 9.09. The lowest BCUT2D eigenvalue weighted by molar-refractivity contribution is 0.719. The zero-order chi connectivity index (χ0) is 14.2. The molecule has 102 valence electrons. The monoisotopic (exact) mass is 351 g/mol. The van der Waals surface area contributed by atoms with Crippen molar-refractivity contribution >= 4 is 27.5 Å². The second kappa shape index (κ2) is 7.72. The van der Waals surface area contributed by atoms with Gasteiger partial charge in [0.25, 0.3) is 0 Å². The van der Waals surface area contributed by atoms with E-state index in [2.05, 4.69) is 36.3 Å². The summed E-state index contributed by atoms with van der Waals surface area (Å²) in [6, 6.07) is 13.0. The predicted molar refractivity (Wildman–Crippen MR) is 81.0 cm³/mol. The molecule has 0 atom stereocenters. The average molecular weight is 353 g/mol. The van der Waals surface area contributed by atoms with Gasteiger partial charge >= 0.3 is 0 Å². The van der Waals surface area contributed by atoms with E-state index in [9.17, 15) is 0 Å². The first-order valence-corrected chi connectivity index (χ1v) is 7.25. The lowest BCUT2D eigenvalue weighted by Crippen LogP contribution is -1.98. The second-order valence-electron chi connectivity index (χ2n) is 3.63. The van der Waals surface area contributed by atoms with Crippen molar-refractivity contribution < 1.29 is 0 Å². The largest absolute Gasteiger partial charge is 0.265 e. The van der Waals surface area contributed by atoms with Crippen LogP contribution in [0.4, 0.5) is 0 Å². The van der Waals surface area contributed by atoms with Crippen molar-refractivity contribution in [3.05, 3.63) is 65.7 Å². The van der Waals surface area contributed by atoms with Crippen molar-refractivity contribution in [1.82, 2.24) is 25.2 Å². The summed E-state index contributed by atoms with van der Waals surface area (Å²) in [6.07, 6.45) is 3.50. The molecule has 3 aromatic rings. The Bertz CT molecular complexity index is 617. The molecule has 2 aromatic heterocycles. The molecule has 0 N–H and O–H groups in total. The Kier molecular flexibility index (Phi) is 5.64. The van der Waals surface area contributed by atoms with Gasteiger partial charge in [-0.2, -0.15) is 0 Å². The van der Waals surface area contributed by atoms with Gasteiger partial charge in [0.2, 0.25) is 0 Å². The molecule has 0 amide bonds. The highest BCUT2D eigenvalue weighted by Crippen LogP contribution is 2.12. The molecule has 2 heterocycles.